The third-order valence-corrected chi connectivity index (χ3v) is 5.72. The molecule has 5 nitrogen and oxygen atoms in total. The number of carbonyl (C=O) groups is 2. The lowest BCUT2D eigenvalue weighted by Gasteiger charge is -2.51. The molecule has 0 aromatic rings. The number of ketones is 1. The van der Waals surface area contributed by atoms with Crippen molar-refractivity contribution in [3.05, 3.63) is 22.8 Å². The summed E-state index contributed by atoms with van der Waals surface area (Å²) in [5.41, 5.74) is 1.38. The van der Waals surface area contributed by atoms with Crippen LogP contribution in [0.5, 0.6) is 0 Å². The van der Waals surface area contributed by atoms with Crippen molar-refractivity contribution in [1.82, 2.24) is 0 Å². The van der Waals surface area contributed by atoms with Crippen LogP contribution in [-0.2, 0) is 23.8 Å². The van der Waals surface area contributed by atoms with Gasteiger partial charge < -0.3 is 14.2 Å². The Bertz CT molecular complexity index is 617. The maximum atomic E-state index is 12.5. The van der Waals surface area contributed by atoms with Gasteiger partial charge in [0.1, 0.15) is 0 Å². The average molecular weight is 306 g/mol. The van der Waals surface area contributed by atoms with Crippen LogP contribution in [0.1, 0.15) is 33.6 Å². The Hall–Kier alpha value is -1.46. The second-order valence-electron chi connectivity index (χ2n) is 6.62. The summed E-state index contributed by atoms with van der Waals surface area (Å²) in [4.78, 5) is 24.6. The lowest BCUT2D eigenvalue weighted by atomic mass is 9.56. The van der Waals surface area contributed by atoms with Crippen molar-refractivity contribution in [3.63, 3.8) is 0 Å². The first-order chi connectivity index (χ1) is 10.3. The van der Waals surface area contributed by atoms with Crippen LogP contribution in [0.2, 0.25) is 0 Å². The summed E-state index contributed by atoms with van der Waals surface area (Å²) < 4.78 is 16.8. The summed E-state index contributed by atoms with van der Waals surface area (Å²) in [7, 11) is 3.09. The van der Waals surface area contributed by atoms with Gasteiger partial charge in [-0.15, -0.1) is 0 Å². The molecule has 4 atom stereocenters. The number of carbonyl (C=O) groups excluding carboxylic acids is 2. The summed E-state index contributed by atoms with van der Waals surface area (Å²) in [6, 6.07) is 0. The molecule has 1 aliphatic heterocycles. The SMILES string of the molecule is CO[C@H]1C2=C(C)C(=O)O[C@]2(OC)C=C2C(=O)CC[C@@H](C)[C@@]21C. The summed E-state index contributed by atoms with van der Waals surface area (Å²) in [6.07, 6.45) is 2.60. The molecule has 22 heavy (non-hydrogen) atoms. The van der Waals surface area contributed by atoms with Crippen molar-refractivity contribution in [2.45, 2.75) is 45.5 Å². The Morgan fingerprint density at radius 3 is 2.59 bits per heavy atom. The molecular formula is C17H22O5. The number of methoxy groups -OCH3 is 2. The molecule has 1 fully saturated rings. The molecule has 0 saturated heterocycles. The second kappa shape index (κ2) is 4.77. The standard InChI is InChI=1S/C17H22O5/c1-9-6-7-12(18)11-8-17(21-5)13(10(2)15(19)22-17)14(20-4)16(9,11)3/h8-9,14H,6-7H2,1-5H3/t9-,14+,16+,17-/m1/s1. The summed E-state index contributed by atoms with van der Waals surface area (Å²) in [6.45, 7) is 5.89. The fraction of sp³-hybridized carbons (Fsp3) is 0.647. The number of fused-ring (bicyclic) bond motifs is 2. The van der Waals surface area contributed by atoms with Gasteiger partial charge in [-0.1, -0.05) is 13.8 Å². The van der Waals surface area contributed by atoms with Gasteiger partial charge in [0.15, 0.2) is 5.78 Å². The van der Waals surface area contributed by atoms with Crippen LogP contribution in [0.15, 0.2) is 22.8 Å². The fourth-order valence-electron chi connectivity index (χ4n) is 4.17. The van der Waals surface area contributed by atoms with Crippen molar-refractivity contribution in [2.24, 2.45) is 11.3 Å². The minimum Gasteiger partial charge on any atom is -0.422 e. The third-order valence-electron chi connectivity index (χ3n) is 5.72. The predicted octanol–water partition coefficient (Wildman–Crippen LogP) is 2.16. The molecule has 120 valence electrons. The number of Topliss-reactive ketones (excluding diaryl/α,β-unsaturated/α-hetero) is 1. The van der Waals surface area contributed by atoms with Crippen LogP contribution >= 0.6 is 0 Å². The van der Waals surface area contributed by atoms with E-state index in [4.69, 9.17) is 14.2 Å². The van der Waals surface area contributed by atoms with Crippen LogP contribution in [0.25, 0.3) is 0 Å². The normalized spacial score (nSPS) is 41.0. The van der Waals surface area contributed by atoms with Gasteiger partial charge >= 0.3 is 5.97 Å². The minimum absolute atomic E-state index is 0.0822. The highest BCUT2D eigenvalue weighted by molar-refractivity contribution is 6.00. The fourth-order valence-corrected chi connectivity index (χ4v) is 4.17. The van der Waals surface area contributed by atoms with Gasteiger partial charge in [-0.3, -0.25) is 4.79 Å². The lowest BCUT2D eigenvalue weighted by molar-refractivity contribution is -0.185. The number of esters is 1. The van der Waals surface area contributed by atoms with Gasteiger partial charge in [0.05, 0.1) is 6.10 Å². The molecule has 0 spiro atoms. The average Bonchev–Trinajstić information content (AvgIpc) is 2.75. The lowest BCUT2D eigenvalue weighted by Crippen LogP contribution is -2.55. The van der Waals surface area contributed by atoms with Crippen molar-refractivity contribution < 1.29 is 23.8 Å². The Morgan fingerprint density at radius 2 is 2.00 bits per heavy atom. The minimum atomic E-state index is -1.30. The molecule has 5 heteroatoms. The first-order valence-electron chi connectivity index (χ1n) is 7.61. The number of hydrogen-bond donors (Lipinski definition) is 0. The van der Waals surface area contributed by atoms with E-state index in [9.17, 15) is 9.59 Å². The maximum Gasteiger partial charge on any atom is 0.337 e. The largest absolute Gasteiger partial charge is 0.422 e. The van der Waals surface area contributed by atoms with E-state index in [1.165, 1.54) is 7.11 Å². The Labute approximate surface area is 130 Å². The van der Waals surface area contributed by atoms with E-state index in [-0.39, 0.29) is 11.7 Å². The molecule has 3 aliphatic rings. The van der Waals surface area contributed by atoms with Crippen molar-refractivity contribution in [3.8, 4) is 0 Å². The van der Waals surface area contributed by atoms with E-state index in [1.54, 1.807) is 20.1 Å². The number of hydrogen-bond acceptors (Lipinski definition) is 5. The molecule has 0 aromatic heterocycles. The zero-order chi connectivity index (χ0) is 16.3. The first kappa shape index (κ1) is 15.4. The zero-order valence-electron chi connectivity index (χ0n) is 13.7. The molecule has 1 saturated carbocycles. The quantitative estimate of drug-likeness (QED) is 0.732. The molecule has 0 aromatic carbocycles. The topological polar surface area (TPSA) is 61.8 Å². The third kappa shape index (κ3) is 1.66. The van der Waals surface area contributed by atoms with E-state index in [0.29, 0.717) is 23.1 Å². The van der Waals surface area contributed by atoms with E-state index >= 15 is 0 Å². The van der Waals surface area contributed by atoms with E-state index in [1.807, 2.05) is 6.92 Å². The molecule has 0 radical (unpaired) electrons. The summed E-state index contributed by atoms with van der Waals surface area (Å²) >= 11 is 0. The molecule has 1 heterocycles. The Balaban J connectivity index is 2.31. The van der Waals surface area contributed by atoms with Gasteiger partial charge in [-0.05, 0) is 25.3 Å². The highest BCUT2D eigenvalue weighted by Gasteiger charge is 2.61. The van der Waals surface area contributed by atoms with Gasteiger partial charge in [-0.2, -0.15) is 0 Å². The van der Waals surface area contributed by atoms with Crippen LogP contribution in [0.3, 0.4) is 0 Å². The summed E-state index contributed by atoms with van der Waals surface area (Å²) in [5.74, 6) is -1.38. The molecule has 0 bridgehead atoms. The van der Waals surface area contributed by atoms with Crippen LogP contribution < -0.4 is 0 Å². The number of ether oxygens (including phenoxy) is 3. The number of rotatable bonds is 2. The second-order valence-corrected chi connectivity index (χ2v) is 6.62. The van der Waals surface area contributed by atoms with E-state index in [2.05, 4.69) is 6.92 Å². The van der Waals surface area contributed by atoms with E-state index < -0.39 is 23.3 Å². The van der Waals surface area contributed by atoms with Crippen molar-refractivity contribution in [2.75, 3.05) is 14.2 Å². The Kier molecular flexibility index (Phi) is 3.34. The molecule has 2 aliphatic carbocycles. The van der Waals surface area contributed by atoms with Crippen LogP contribution in [0.4, 0.5) is 0 Å². The maximum absolute atomic E-state index is 12.5. The summed E-state index contributed by atoms with van der Waals surface area (Å²) in [5, 5.41) is 0. The van der Waals surface area contributed by atoms with Crippen LogP contribution in [-0.4, -0.2) is 37.9 Å². The van der Waals surface area contributed by atoms with Crippen molar-refractivity contribution >= 4 is 11.8 Å². The van der Waals surface area contributed by atoms with Crippen LogP contribution in [0, 0.1) is 11.3 Å². The molecule has 0 unspecified atom stereocenters. The monoisotopic (exact) mass is 306 g/mol. The smallest absolute Gasteiger partial charge is 0.337 e. The Morgan fingerprint density at radius 1 is 1.32 bits per heavy atom. The van der Waals surface area contributed by atoms with Gasteiger partial charge in [0.25, 0.3) is 5.79 Å². The molecule has 3 rings (SSSR count). The molecule has 0 N–H and O–H groups in total. The van der Waals surface area contributed by atoms with Crippen molar-refractivity contribution in [1.29, 1.82) is 0 Å². The van der Waals surface area contributed by atoms with Gasteiger partial charge in [0.2, 0.25) is 0 Å². The van der Waals surface area contributed by atoms with Gasteiger partial charge in [-0.25, -0.2) is 4.79 Å². The highest BCUT2D eigenvalue weighted by Crippen LogP contribution is 2.57. The zero-order valence-corrected chi connectivity index (χ0v) is 13.7. The van der Waals surface area contributed by atoms with E-state index in [0.717, 1.165) is 6.42 Å². The molecule has 0 amide bonds. The van der Waals surface area contributed by atoms with Gasteiger partial charge in [0, 0.05) is 42.8 Å². The highest BCUT2D eigenvalue weighted by atomic mass is 16.7. The molecular weight excluding hydrogens is 284 g/mol. The first-order valence-corrected chi connectivity index (χ1v) is 7.61. The predicted molar refractivity (Wildman–Crippen MR) is 78.9 cm³/mol.